The first-order valence-corrected chi connectivity index (χ1v) is 5.29. The molecule has 0 bridgehead atoms. The van der Waals surface area contributed by atoms with Crippen molar-refractivity contribution >= 4 is 17.0 Å². The first kappa shape index (κ1) is 12.3. The van der Waals surface area contributed by atoms with Gasteiger partial charge in [-0.2, -0.15) is 0 Å². The number of rotatable bonds is 4. The number of aromatic nitrogens is 2. The quantitative estimate of drug-likeness (QED) is 0.907. The highest BCUT2D eigenvalue weighted by Crippen LogP contribution is 2.26. The van der Waals surface area contributed by atoms with Crippen molar-refractivity contribution < 1.29 is 18.7 Å². The van der Waals surface area contributed by atoms with Crippen LogP contribution in [0.1, 0.15) is 18.0 Å². The summed E-state index contributed by atoms with van der Waals surface area (Å²) in [7, 11) is 0. The second-order valence-electron chi connectivity index (χ2n) is 3.82. The normalized spacial score (nSPS) is 12.8. The lowest BCUT2D eigenvalue weighted by atomic mass is 10.0. The van der Waals surface area contributed by atoms with Gasteiger partial charge in [0.2, 0.25) is 6.43 Å². The van der Waals surface area contributed by atoms with Gasteiger partial charge in [0.15, 0.2) is 0 Å². The minimum absolute atomic E-state index is 0.00565. The fourth-order valence-corrected chi connectivity index (χ4v) is 1.66. The van der Waals surface area contributed by atoms with Gasteiger partial charge in [0.05, 0.1) is 29.1 Å². The lowest BCUT2D eigenvalue weighted by Crippen LogP contribution is -2.15. The van der Waals surface area contributed by atoms with Crippen LogP contribution in [0, 0.1) is 0 Å². The molecule has 0 aliphatic rings. The molecule has 4 nitrogen and oxygen atoms in total. The number of carboxylic acid groups (broad SMARTS) is 1. The molecular formula is C12H10F2N2O2. The third-order valence-electron chi connectivity index (χ3n) is 2.55. The predicted molar refractivity (Wildman–Crippen MR) is 60.5 cm³/mol. The second-order valence-corrected chi connectivity index (χ2v) is 3.82. The molecule has 1 N–H and O–H groups in total. The van der Waals surface area contributed by atoms with Gasteiger partial charge in [0.1, 0.15) is 0 Å². The summed E-state index contributed by atoms with van der Waals surface area (Å²) in [6.07, 6.45) is -2.23. The van der Waals surface area contributed by atoms with Crippen LogP contribution in [0.25, 0.3) is 11.0 Å². The Bertz CT molecular complexity index is 575. The number of fused-ring (bicyclic) bond motifs is 1. The molecule has 1 aromatic carbocycles. The second kappa shape index (κ2) is 5.03. The molecule has 0 amide bonds. The van der Waals surface area contributed by atoms with Crippen LogP contribution in [-0.2, 0) is 4.79 Å². The molecule has 0 aliphatic carbocycles. The molecule has 0 saturated heterocycles. The minimum atomic E-state index is -2.78. The van der Waals surface area contributed by atoms with E-state index in [1.165, 1.54) is 6.20 Å². The fraction of sp³-hybridized carbons (Fsp3) is 0.250. The number of hydrogen-bond acceptors (Lipinski definition) is 3. The number of carboxylic acids is 1. The molecule has 1 unspecified atom stereocenters. The highest BCUT2D eigenvalue weighted by atomic mass is 19.3. The maximum absolute atomic E-state index is 12.8. The van der Waals surface area contributed by atoms with Crippen molar-refractivity contribution in [1.29, 1.82) is 0 Å². The molecule has 1 atom stereocenters. The van der Waals surface area contributed by atoms with Gasteiger partial charge in [0.25, 0.3) is 0 Å². The first-order valence-electron chi connectivity index (χ1n) is 5.29. The Morgan fingerprint density at radius 2 is 1.94 bits per heavy atom. The highest BCUT2D eigenvalue weighted by molar-refractivity contribution is 5.74. The number of halogens is 2. The third-order valence-corrected chi connectivity index (χ3v) is 2.55. The Morgan fingerprint density at radius 1 is 1.28 bits per heavy atom. The molecule has 18 heavy (non-hydrogen) atoms. The fourth-order valence-electron chi connectivity index (χ4n) is 1.66. The van der Waals surface area contributed by atoms with Crippen molar-refractivity contribution in [3.63, 3.8) is 0 Å². The molecule has 1 heterocycles. The zero-order valence-electron chi connectivity index (χ0n) is 9.25. The monoisotopic (exact) mass is 252 g/mol. The van der Waals surface area contributed by atoms with E-state index in [2.05, 4.69) is 9.97 Å². The molecule has 0 fully saturated rings. The molecule has 0 aliphatic heterocycles. The summed E-state index contributed by atoms with van der Waals surface area (Å²) >= 11 is 0. The summed E-state index contributed by atoms with van der Waals surface area (Å²) in [6, 6.07) is 6.84. The summed E-state index contributed by atoms with van der Waals surface area (Å²) in [5.74, 6) is -2.71. The van der Waals surface area contributed by atoms with E-state index in [9.17, 15) is 13.6 Å². The zero-order valence-corrected chi connectivity index (χ0v) is 9.25. The van der Waals surface area contributed by atoms with Crippen LogP contribution >= 0.6 is 0 Å². The van der Waals surface area contributed by atoms with Crippen LogP contribution in [-0.4, -0.2) is 27.5 Å². The Balaban J connectivity index is 2.41. The number of benzene rings is 1. The van der Waals surface area contributed by atoms with E-state index in [4.69, 9.17) is 5.11 Å². The van der Waals surface area contributed by atoms with Crippen molar-refractivity contribution in [2.45, 2.75) is 18.8 Å². The van der Waals surface area contributed by atoms with Crippen LogP contribution in [0.2, 0.25) is 0 Å². The molecule has 0 saturated carbocycles. The predicted octanol–water partition coefficient (Wildman–Crippen LogP) is 2.45. The van der Waals surface area contributed by atoms with E-state index in [1.807, 2.05) is 0 Å². The van der Waals surface area contributed by atoms with E-state index < -0.39 is 24.7 Å². The van der Waals surface area contributed by atoms with Crippen LogP contribution in [0.3, 0.4) is 0 Å². The summed E-state index contributed by atoms with van der Waals surface area (Å²) < 4.78 is 25.6. The van der Waals surface area contributed by atoms with Gasteiger partial charge < -0.3 is 5.11 Å². The van der Waals surface area contributed by atoms with Crippen molar-refractivity contribution in [3.05, 3.63) is 36.2 Å². The highest BCUT2D eigenvalue weighted by Gasteiger charge is 2.27. The summed E-state index contributed by atoms with van der Waals surface area (Å²) in [6.45, 7) is 0. The van der Waals surface area contributed by atoms with E-state index in [0.717, 1.165) is 0 Å². The van der Waals surface area contributed by atoms with Crippen molar-refractivity contribution in [3.8, 4) is 0 Å². The van der Waals surface area contributed by atoms with Crippen molar-refractivity contribution in [2.75, 3.05) is 0 Å². The van der Waals surface area contributed by atoms with Crippen molar-refractivity contribution in [2.24, 2.45) is 0 Å². The molecule has 0 spiro atoms. The Hall–Kier alpha value is -2.11. The van der Waals surface area contributed by atoms with Gasteiger partial charge in [-0.05, 0) is 12.1 Å². The summed E-state index contributed by atoms with van der Waals surface area (Å²) in [4.78, 5) is 18.6. The topological polar surface area (TPSA) is 63.1 Å². The van der Waals surface area contributed by atoms with Crippen LogP contribution in [0.4, 0.5) is 8.78 Å². The van der Waals surface area contributed by atoms with Gasteiger partial charge in [-0.1, -0.05) is 12.1 Å². The largest absolute Gasteiger partial charge is 0.481 e. The number of alkyl halides is 2. The summed E-state index contributed by atoms with van der Waals surface area (Å²) in [5, 5.41) is 8.63. The number of para-hydroxylation sites is 2. The van der Waals surface area contributed by atoms with E-state index in [-0.39, 0.29) is 5.69 Å². The molecular weight excluding hydrogens is 242 g/mol. The molecule has 6 heteroatoms. The average Bonchev–Trinajstić information content (AvgIpc) is 2.35. The van der Waals surface area contributed by atoms with Crippen LogP contribution < -0.4 is 0 Å². The molecule has 94 valence electrons. The molecule has 2 aromatic rings. The minimum Gasteiger partial charge on any atom is -0.481 e. The smallest absolute Gasteiger partial charge is 0.304 e. The lowest BCUT2D eigenvalue weighted by molar-refractivity contribution is -0.138. The maximum atomic E-state index is 12.8. The van der Waals surface area contributed by atoms with Gasteiger partial charge >= 0.3 is 5.97 Å². The Kier molecular flexibility index (Phi) is 3.45. The number of nitrogens with zero attached hydrogens (tertiary/aromatic N) is 2. The first-order chi connectivity index (χ1) is 8.58. The Labute approximate surface area is 101 Å². The van der Waals surface area contributed by atoms with Crippen molar-refractivity contribution in [1.82, 2.24) is 9.97 Å². The standard InChI is InChI=1S/C12H10F2N2O2/c13-12(14)7(5-11(17)18)10-6-15-8-3-1-2-4-9(8)16-10/h1-4,6-7,12H,5H2,(H,17,18). The molecule has 1 aromatic heterocycles. The zero-order chi connectivity index (χ0) is 13.1. The van der Waals surface area contributed by atoms with Gasteiger partial charge in [-0.15, -0.1) is 0 Å². The van der Waals surface area contributed by atoms with Crippen LogP contribution in [0.5, 0.6) is 0 Å². The summed E-state index contributed by atoms with van der Waals surface area (Å²) in [5.41, 5.74) is 1.07. The number of aliphatic carboxylic acids is 1. The lowest BCUT2D eigenvalue weighted by Gasteiger charge is -2.13. The van der Waals surface area contributed by atoms with Gasteiger partial charge in [0, 0.05) is 6.20 Å². The van der Waals surface area contributed by atoms with Gasteiger partial charge in [-0.3, -0.25) is 9.78 Å². The SMILES string of the molecule is O=C(O)CC(c1cnc2ccccc2n1)C(F)F. The maximum Gasteiger partial charge on any atom is 0.304 e. The number of carbonyl (C=O) groups is 1. The van der Waals surface area contributed by atoms with E-state index in [0.29, 0.717) is 11.0 Å². The van der Waals surface area contributed by atoms with Gasteiger partial charge in [-0.25, -0.2) is 13.8 Å². The third kappa shape index (κ3) is 2.58. The molecule has 2 rings (SSSR count). The average molecular weight is 252 g/mol. The molecule has 0 radical (unpaired) electrons. The van der Waals surface area contributed by atoms with E-state index in [1.54, 1.807) is 24.3 Å². The number of hydrogen-bond donors (Lipinski definition) is 1. The van der Waals surface area contributed by atoms with E-state index >= 15 is 0 Å². The Morgan fingerprint density at radius 3 is 2.56 bits per heavy atom. The van der Waals surface area contributed by atoms with Crippen LogP contribution in [0.15, 0.2) is 30.5 Å².